The summed E-state index contributed by atoms with van der Waals surface area (Å²) in [6, 6.07) is 12.6. The highest BCUT2D eigenvalue weighted by Crippen LogP contribution is 2.48. The van der Waals surface area contributed by atoms with Crippen LogP contribution in [-0.2, 0) is 19.5 Å². The second-order valence-electron chi connectivity index (χ2n) is 9.19. The van der Waals surface area contributed by atoms with Crippen molar-refractivity contribution in [3.63, 3.8) is 0 Å². The molecule has 5 nitrogen and oxygen atoms in total. The fraction of sp³-hybridized carbons (Fsp3) is 0.440. The quantitative estimate of drug-likeness (QED) is 0.624. The van der Waals surface area contributed by atoms with Crippen LogP contribution < -0.4 is 4.74 Å². The van der Waals surface area contributed by atoms with Gasteiger partial charge in [0, 0.05) is 61.3 Å². The first-order chi connectivity index (χ1) is 14.8. The first-order valence-electron chi connectivity index (χ1n) is 11.1. The lowest BCUT2D eigenvalue weighted by Crippen LogP contribution is -2.21. The van der Waals surface area contributed by atoms with Crippen molar-refractivity contribution in [1.82, 2.24) is 19.7 Å². The van der Waals surface area contributed by atoms with Gasteiger partial charge in [0.1, 0.15) is 5.75 Å². The van der Waals surface area contributed by atoms with Crippen molar-refractivity contribution in [2.45, 2.75) is 38.3 Å². The SMILES string of the molecule is COc1cccc(-c2nn(CC3CC3)c3c2[C@H]2CN(Cc4cccnc4)C[C@H]2C3)c1. The molecule has 2 aromatic heterocycles. The molecule has 2 aliphatic carbocycles. The van der Waals surface area contributed by atoms with Crippen LogP contribution >= 0.6 is 0 Å². The number of pyridine rings is 1. The Kier molecular flexibility index (Phi) is 4.38. The third kappa shape index (κ3) is 3.21. The summed E-state index contributed by atoms with van der Waals surface area (Å²) in [6.07, 6.45) is 7.72. The number of fused-ring (bicyclic) bond motifs is 3. The molecule has 6 rings (SSSR count). The number of hydrogen-bond acceptors (Lipinski definition) is 4. The van der Waals surface area contributed by atoms with E-state index in [1.165, 1.54) is 40.9 Å². The third-order valence-electron chi connectivity index (χ3n) is 7.04. The zero-order chi connectivity index (χ0) is 20.1. The largest absolute Gasteiger partial charge is 0.497 e. The highest BCUT2D eigenvalue weighted by atomic mass is 16.5. The van der Waals surface area contributed by atoms with Crippen LogP contribution in [0.25, 0.3) is 11.3 Å². The summed E-state index contributed by atoms with van der Waals surface area (Å²) in [5, 5.41) is 5.16. The van der Waals surface area contributed by atoms with Gasteiger partial charge in [-0.15, -0.1) is 0 Å². The molecule has 0 N–H and O–H groups in total. The Morgan fingerprint density at radius 1 is 1.13 bits per heavy atom. The molecule has 1 saturated carbocycles. The van der Waals surface area contributed by atoms with Crippen LogP contribution in [0.15, 0.2) is 48.8 Å². The van der Waals surface area contributed by atoms with Crippen LogP contribution in [0, 0.1) is 11.8 Å². The van der Waals surface area contributed by atoms with E-state index >= 15 is 0 Å². The minimum absolute atomic E-state index is 0.575. The molecule has 2 atom stereocenters. The van der Waals surface area contributed by atoms with Crippen LogP contribution in [0.3, 0.4) is 0 Å². The maximum absolute atomic E-state index is 5.50. The predicted octanol–water partition coefficient (Wildman–Crippen LogP) is 4.14. The predicted molar refractivity (Wildman–Crippen MR) is 116 cm³/mol. The molecule has 0 spiro atoms. The van der Waals surface area contributed by atoms with E-state index in [0.717, 1.165) is 44.3 Å². The molecule has 1 aromatic carbocycles. The second-order valence-corrected chi connectivity index (χ2v) is 9.19. The topological polar surface area (TPSA) is 43.2 Å². The van der Waals surface area contributed by atoms with Crippen molar-refractivity contribution in [3.8, 4) is 17.0 Å². The minimum atomic E-state index is 0.575. The van der Waals surface area contributed by atoms with Crippen molar-refractivity contribution in [1.29, 1.82) is 0 Å². The van der Waals surface area contributed by atoms with E-state index in [-0.39, 0.29) is 0 Å². The number of rotatable bonds is 6. The second kappa shape index (κ2) is 7.24. The number of likely N-dealkylation sites (tertiary alicyclic amines) is 1. The molecule has 1 aliphatic heterocycles. The van der Waals surface area contributed by atoms with Crippen LogP contribution in [0.2, 0.25) is 0 Å². The summed E-state index contributed by atoms with van der Waals surface area (Å²) in [7, 11) is 1.73. The average Bonchev–Trinajstić information content (AvgIpc) is 3.27. The van der Waals surface area contributed by atoms with Crippen molar-refractivity contribution in [2.24, 2.45) is 11.8 Å². The summed E-state index contributed by atoms with van der Waals surface area (Å²) >= 11 is 0. The number of benzene rings is 1. The molecule has 2 fully saturated rings. The number of hydrogen-bond donors (Lipinski definition) is 0. The van der Waals surface area contributed by atoms with E-state index in [0.29, 0.717) is 11.8 Å². The summed E-state index contributed by atoms with van der Waals surface area (Å²) in [4.78, 5) is 6.89. The summed E-state index contributed by atoms with van der Waals surface area (Å²) in [5.74, 6) is 3.00. The van der Waals surface area contributed by atoms with Gasteiger partial charge in [0.05, 0.1) is 12.8 Å². The maximum Gasteiger partial charge on any atom is 0.119 e. The fourth-order valence-electron chi connectivity index (χ4n) is 5.42. The summed E-state index contributed by atoms with van der Waals surface area (Å²) in [5.41, 5.74) is 6.67. The van der Waals surface area contributed by atoms with E-state index in [4.69, 9.17) is 9.84 Å². The molecule has 154 valence electrons. The number of nitrogens with zero attached hydrogens (tertiary/aromatic N) is 4. The standard InChI is InChI=1S/C25H28N4O/c1-30-21-6-2-5-19(10-21)25-24-22-16-28(13-18-4-3-9-26-12-18)15-20(22)11-23(24)29(27-25)14-17-7-8-17/h2-6,9-10,12,17,20,22H,7-8,11,13-16H2,1H3/t20-,22+/m1/s1. The normalized spacial score (nSPS) is 22.8. The average molecular weight is 401 g/mol. The van der Waals surface area contributed by atoms with Gasteiger partial charge >= 0.3 is 0 Å². The zero-order valence-electron chi connectivity index (χ0n) is 17.5. The Bertz CT molecular complexity index is 1060. The highest BCUT2D eigenvalue weighted by Gasteiger charge is 2.44. The molecule has 1 saturated heterocycles. The summed E-state index contributed by atoms with van der Waals surface area (Å²) < 4.78 is 7.85. The van der Waals surface area contributed by atoms with Gasteiger partial charge in [0.2, 0.25) is 0 Å². The number of ether oxygens (including phenoxy) is 1. The Balaban J connectivity index is 1.33. The van der Waals surface area contributed by atoms with E-state index in [1.54, 1.807) is 7.11 Å². The summed E-state index contributed by atoms with van der Waals surface area (Å²) in [6.45, 7) is 4.35. The molecule has 3 heterocycles. The first kappa shape index (κ1) is 18.1. The molecule has 0 amide bonds. The van der Waals surface area contributed by atoms with E-state index < -0.39 is 0 Å². The van der Waals surface area contributed by atoms with Gasteiger partial charge in [-0.3, -0.25) is 14.6 Å². The van der Waals surface area contributed by atoms with Crippen LogP contribution in [0.4, 0.5) is 0 Å². The van der Waals surface area contributed by atoms with Crippen LogP contribution in [-0.4, -0.2) is 39.9 Å². The van der Waals surface area contributed by atoms with Crippen LogP contribution in [0.1, 0.15) is 35.6 Å². The molecule has 0 unspecified atom stereocenters. The fourth-order valence-corrected chi connectivity index (χ4v) is 5.42. The minimum Gasteiger partial charge on any atom is -0.497 e. The lowest BCUT2D eigenvalue weighted by molar-refractivity contribution is 0.312. The smallest absolute Gasteiger partial charge is 0.119 e. The lowest BCUT2D eigenvalue weighted by Gasteiger charge is -2.17. The van der Waals surface area contributed by atoms with E-state index in [9.17, 15) is 0 Å². The maximum atomic E-state index is 5.50. The highest BCUT2D eigenvalue weighted by molar-refractivity contribution is 5.68. The van der Waals surface area contributed by atoms with Crippen molar-refractivity contribution >= 4 is 0 Å². The van der Waals surface area contributed by atoms with Gasteiger partial charge in [-0.2, -0.15) is 5.10 Å². The molecule has 0 radical (unpaired) electrons. The Hall–Kier alpha value is -2.66. The number of aromatic nitrogens is 3. The molecule has 30 heavy (non-hydrogen) atoms. The van der Waals surface area contributed by atoms with Crippen molar-refractivity contribution in [2.75, 3.05) is 20.2 Å². The van der Waals surface area contributed by atoms with E-state index in [1.807, 2.05) is 24.5 Å². The molecular formula is C25H28N4O. The van der Waals surface area contributed by atoms with E-state index in [2.05, 4.69) is 38.8 Å². The Labute approximate surface area is 177 Å². The van der Waals surface area contributed by atoms with Gasteiger partial charge in [-0.1, -0.05) is 18.2 Å². The Morgan fingerprint density at radius 2 is 2.07 bits per heavy atom. The first-order valence-corrected chi connectivity index (χ1v) is 11.1. The van der Waals surface area contributed by atoms with Gasteiger partial charge < -0.3 is 4.74 Å². The molecular weight excluding hydrogens is 372 g/mol. The zero-order valence-corrected chi connectivity index (χ0v) is 17.5. The Morgan fingerprint density at radius 3 is 2.87 bits per heavy atom. The lowest BCUT2D eigenvalue weighted by atomic mass is 9.94. The number of methoxy groups -OCH3 is 1. The van der Waals surface area contributed by atoms with Crippen LogP contribution in [0.5, 0.6) is 5.75 Å². The van der Waals surface area contributed by atoms with Crippen molar-refractivity contribution < 1.29 is 4.74 Å². The van der Waals surface area contributed by atoms with Gasteiger partial charge in [0.15, 0.2) is 0 Å². The molecule has 3 aliphatic rings. The van der Waals surface area contributed by atoms with Gasteiger partial charge in [0.25, 0.3) is 0 Å². The molecule has 0 bridgehead atoms. The van der Waals surface area contributed by atoms with Gasteiger partial charge in [-0.25, -0.2) is 0 Å². The monoisotopic (exact) mass is 400 g/mol. The van der Waals surface area contributed by atoms with Crippen molar-refractivity contribution in [3.05, 3.63) is 65.6 Å². The molecule has 5 heteroatoms. The molecule has 3 aromatic rings. The third-order valence-corrected chi connectivity index (χ3v) is 7.04. The van der Waals surface area contributed by atoms with Gasteiger partial charge in [-0.05, 0) is 54.9 Å².